The number of allylic oxidation sites excluding steroid dienone is 1. The van der Waals surface area contributed by atoms with Gasteiger partial charge < -0.3 is 10.6 Å². The van der Waals surface area contributed by atoms with E-state index in [2.05, 4.69) is 36.6 Å². The fourth-order valence-corrected chi connectivity index (χ4v) is 3.42. The van der Waals surface area contributed by atoms with Crippen molar-refractivity contribution < 1.29 is 4.79 Å². The van der Waals surface area contributed by atoms with E-state index in [4.69, 9.17) is 11.6 Å². The highest BCUT2D eigenvalue weighted by molar-refractivity contribution is 6.30. The summed E-state index contributed by atoms with van der Waals surface area (Å²) >= 11 is 5.87. The van der Waals surface area contributed by atoms with Gasteiger partial charge >= 0.3 is 6.03 Å². The Labute approximate surface area is 158 Å². The van der Waals surface area contributed by atoms with Crippen LogP contribution in [0.4, 0.5) is 10.5 Å². The second kappa shape index (κ2) is 7.23. The van der Waals surface area contributed by atoms with Crippen molar-refractivity contribution in [2.75, 3.05) is 5.32 Å². The Bertz CT molecular complexity index is 912. The molecule has 0 saturated heterocycles. The van der Waals surface area contributed by atoms with Crippen molar-refractivity contribution >= 4 is 29.0 Å². The van der Waals surface area contributed by atoms with Crippen molar-refractivity contribution in [1.29, 1.82) is 5.26 Å². The summed E-state index contributed by atoms with van der Waals surface area (Å²) in [5, 5.41) is 16.1. The smallest absolute Gasteiger partial charge is 0.308 e. The number of hydrogen-bond acceptors (Lipinski definition) is 2. The van der Waals surface area contributed by atoms with Gasteiger partial charge in [-0.2, -0.15) is 5.26 Å². The van der Waals surface area contributed by atoms with Crippen molar-refractivity contribution in [2.45, 2.75) is 26.7 Å². The number of carbonyl (C=O) groups is 1. The minimum absolute atomic E-state index is 0.300. The molecular formula is C21H20ClN3O. The number of benzene rings is 2. The van der Waals surface area contributed by atoms with E-state index in [0.29, 0.717) is 22.0 Å². The standard InChI is InChI=1S/C21H20ClN3O/c1-3-21(2)12-14-6-4-5-7-17(14)19(18(21)13-23)25-20(26)24-16-10-8-15(22)9-11-16/h4-11H,3,12H2,1-2H3,(H2,24,25,26)/t21-/m1/s1. The van der Waals surface area contributed by atoms with Gasteiger partial charge in [-0.15, -0.1) is 0 Å². The number of hydrogen-bond donors (Lipinski definition) is 2. The first kappa shape index (κ1) is 18.0. The van der Waals surface area contributed by atoms with Crippen LogP contribution in [0.15, 0.2) is 54.1 Å². The van der Waals surface area contributed by atoms with Gasteiger partial charge in [-0.05, 0) is 42.7 Å². The second-order valence-corrected chi connectivity index (χ2v) is 7.13. The summed E-state index contributed by atoms with van der Waals surface area (Å²) in [4.78, 5) is 12.5. The normalized spacial score (nSPS) is 18.7. The van der Waals surface area contributed by atoms with Gasteiger partial charge in [0.2, 0.25) is 0 Å². The number of urea groups is 1. The van der Waals surface area contributed by atoms with Gasteiger partial charge in [-0.3, -0.25) is 0 Å². The minimum atomic E-state index is -0.384. The van der Waals surface area contributed by atoms with Crippen LogP contribution in [-0.2, 0) is 6.42 Å². The topological polar surface area (TPSA) is 64.9 Å². The van der Waals surface area contributed by atoms with E-state index in [-0.39, 0.29) is 11.4 Å². The molecule has 0 heterocycles. The number of carbonyl (C=O) groups excluding carboxylic acids is 1. The van der Waals surface area contributed by atoms with E-state index in [1.54, 1.807) is 24.3 Å². The molecule has 2 amide bonds. The zero-order valence-electron chi connectivity index (χ0n) is 14.8. The van der Waals surface area contributed by atoms with Crippen LogP contribution in [0.3, 0.4) is 0 Å². The average Bonchev–Trinajstić information content (AvgIpc) is 2.63. The SMILES string of the molecule is CC[C@]1(C)Cc2ccccc2C(NC(=O)Nc2ccc(Cl)cc2)=C1C#N. The summed E-state index contributed by atoms with van der Waals surface area (Å²) in [7, 11) is 0. The fourth-order valence-electron chi connectivity index (χ4n) is 3.30. The molecule has 1 aliphatic carbocycles. The average molecular weight is 366 g/mol. The Kier molecular flexibility index (Phi) is 5.01. The van der Waals surface area contributed by atoms with Gasteiger partial charge in [0.05, 0.1) is 17.3 Å². The predicted molar refractivity (Wildman–Crippen MR) is 105 cm³/mol. The van der Waals surface area contributed by atoms with Gasteiger partial charge in [0.25, 0.3) is 0 Å². The van der Waals surface area contributed by atoms with Crippen molar-refractivity contribution in [3.63, 3.8) is 0 Å². The van der Waals surface area contributed by atoms with Gasteiger partial charge in [0, 0.05) is 21.7 Å². The molecule has 3 rings (SSSR count). The molecule has 0 fully saturated rings. The van der Waals surface area contributed by atoms with E-state index in [1.165, 1.54) is 0 Å². The van der Waals surface area contributed by atoms with Crippen LogP contribution in [0.5, 0.6) is 0 Å². The number of rotatable bonds is 3. The highest BCUT2D eigenvalue weighted by Crippen LogP contribution is 2.43. The summed E-state index contributed by atoms with van der Waals surface area (Å²) in [5.41, 5.74) is 3.58. The van der Waals surface area contributed by atoms with E-state index in [1.807, 2.05) is 18.2 Å². The lowest BCUT2D eigenvalue weighted by Crippen LogP contribution is -2.35. The van der Waals surface area contributed by atoms with Crippen molar-refractivity contribution in [2.24, 2.45) is 5.41 Å². The largest absolute Gasteiger partial charge is 0.323 e. The predicted octanol–water partition coefficient (Wildman–Crippen LogP) is 5.37. The fraction of sp³-hybridized carbons (Fsp3) is 0.238. The first-order chi connectivity index (χ1) is 12.5. The van der Waals surface area contributed by atoms with Crippen LogP contribution in [-0.4, -0.2) is 6.03 Å². The molecule has 4 nitrogen and oxygen atoms in total. The zero-order chi connectivity index (χ0) is 18.7. The lowest BCUT2D eigenvalue weighted by atomic mass is 9.69. The molecule has 0 spiro atoms. The first-order valence-electron chi connectivity index (χ1n) is 8.53. The quantitative estimate of drug-likeness (QED) is 0.768. The minimum Gasteiger partial charge on any atom is -0.308 e. The van der Waals surface area contributed by atoms with Crippen LogP contribution in [0.2, 0.25) is 5.02 Å². The molecule has 2 aromatic rings. The number of nitrogens with one attached hydrogen (secondary N) is 2. The van der Waals surface area contributed by atoms with E-state index >= 15 is 0 Å². The van der Waals surface area contributed by atoms with Gasteiger partial charge in [0.1, 0.15) is 0 Å². The molecule has 2 N–H and O–H groups in total. The number of halogens is 1. The van der Waals surface area contributed by atoms with Gasteiger partial charge in [-0.25, -0.2) is 4.79 Å². The molecular weight excluding hydrogens is 346 g/mol. The number of nitriles is 1. The molecule has 0 unspecified atom stereocenters. The highest BCUT2D eigenvalue weighted by Gasteiger charge is 2.36. The van der Waals surface area contributed by atoms with Gasteiger partial charge in [0.15, 0.2) is 0 Å². The Balaban J connectivity index is 1.95. The second-order valence-electron chi connectivity index (χ2n) is 6.70. The monoisotopic (exact) mass is 365 g/mol. The van der Waals surface area contributed by atoms with Crippen molar-refractivity contribution in [3.05, 3.63) is 70.3 Å². The number of fused-ring (bicyclic) bond motifs is 1. The van der Waals surface area contributed by atoms with Crippen LogP contribution in [0, 0.1) is 16.7 Å². The van der Waals surface area contributed by atoms with Crippen LogP contribution in [0.25, 0.3) is 5.70 Å². The van der Waals surface area contributed by atoms with Crippen LogP contribution in [0.1, 0.15) is 31.4 Å². The number of amides is 2. The molecule has 0 aliphatic heterocycles. The maximum absolute atomic E-state index is 12.5. The van der Waals surface area contributed by atoms with Crippen LogP contribution < -0.4 is 10.6 Å². The van der Waals surface area contributed by atoms with Crippen molar-refractivity contribution in [1.82, 2.24) is 5.32 Å². The Morgan fingerprint density at radius 1 is 1.19 bits per heavy atom. The summed E-state index contributed by atoms with van der Waals surface area (Å²) in [6.45, 7) is 4.14. The third-order valence-corrected chi connectivity index (χ3v) is 5.21. The third-order valence-electron chi connectivity index (χ3n) is 4.95. The molecule has 26 heavy (non-hydrogen) atoms. The van der Waals surface area contributed by atoms with E-state index in [0.717, 1.165) is 24.0 Å². The molecule has 0 bridgehead atoms. The van der Waals surface area contributed by atoms with E-state index in [9.17, 15) is 10.1 Å². The van der Waals surface area contributed by atoms with Crippen LogP contribution >= 0.6 is 11.6 Å². The maximum Gasteiger partial charge on any atom is 0.323 e. The number of nitrogens with zero attached hydrogens (tertiary/aromatic N) is 1. The summed E-state index contributed by atoms with van der Waals surface area (Å²) in [6, 6.07) is 16.7. The molecule has 132 valence electrons. The zero-order valence-corrected chi connectivity index (χ0v) is 15.5. The molecule has 0 saturated carbocycles. The Morgan fingerprint density at radius 2 is 1.88 bits per heavy atom. The Hall–Kier alpha value is -2.77. The van der Waals surface area contributed by atoms with Crippen molar-refractivity contribution in [3.8, 4) is 6.07 Å². The summed E-state index contributed by atoms with van der Waals surface area (Å²) < 4.78 is 0. The lowest BCUT2D eigenvalue weighted by Gasteiger charge is -2.35. The van der Waals surface area contributed by atoms with E-state index < -0.39 is 0 Å². The molecule has 0 radical (unpaired) electrons. The summed E-state index contributed by atoms with van der Waals surface area (Å²) in [6.07, 6.45) is 1.60. The third kappa shape index (κ3) is 3.44. The Morgan fingerprint density at radius 3 is 2.54 bits per heavy atom. The first-order valence-corrected chi connectivity index (χ1v) is 8.91. The van der Waals surface area contributed by atoms with Gasteiger partial charge in [-0.1, -0.05) is 49.7 Å². The lowest BCUT2D eigenvalue weighted by molar-refractivity contribution is 0.255. The molecule has 1 aliphatic rings. The molecule has 1 atom stereocenters. The molecule has 2 aromatic carbocycles. The molecule has 5 heteroatoms. The highest BCUT2D eigenvalue weighted by atomic mass is 35.5. The summed E-state index contributed by atoms with van der Waals surface area (Å²) in [5.74, 6) is 0. The maximum atomic E-state index is 12.5. The number of anilines is 1. The molecule has 0 aromatic heterocycles.